The molecule has 7 heteroatoms. The lowest BCUT2D eigenvalue weighted by atomic mass is 10.1. The summed E-state index contributed by atoms with van der Waals surface area (Å²) in [6.45, 7) is 3.72. The lowest BCUT2D eigenvalue weighted by Crippen LogP contribution is -2.02. The topological polar surface area (TPSA) is 53.6 Å². The Labute approximate surface area is 153 Å². The minimum absolute atomic E-state index is 0.145. The van der Waals surface area contributed by atoms with Crippen molar-refractivity contribution >= 4 is 23.1 Å². The predicted octanol–water partition coefficient (Wildman–Crippen LogP) is 4.80. The highest BCUT2D eigenvalue weighted by Crippen LogP contribution is 2.29. The zero-order valence-electron chi connectivity index (χ0n) is 13.8. The van der Waals surface area contributed by atoms with Crippen molar-refractivity contribution in [1.29, 1.82) is 5.26 Å². The first-order valence-electron chi connectivity index (χ1n) is 7.60. The van der Waals surface area contributed by atoms with Gasteiger partial charge in [0.15, 0.2) is 5.69 Å². The zero-order valence-corrected chi connectivity index (χ0v) is 14.6. The fourth-order valence-corrected chi connectivity index (χ4v) is 3.21. The molecule has 0 fully saturated rings. The highest BCUT2D eigenvalue weighted by Gasteiger charge is 2.12. The monoisotopic (exact) mass is 368 g/mol. The van der Waals surface area contributed by atoms with E-state index in [2.05, 4.69) is 17.0 Å². The number of rotatable bonds is 5. The van der Waals surface area contributed by atoms with Crippen molar-refractivity contribution in [2.24, 2.45) is 7.05 Å². The van der Waals surface area contributed by atoms with E-state index in [1.165, 1.54) is 30.0 Å². The van der Waals surface area contributed by atoms with E-state index in [1.807, 2.05) is 18.2 Å². The molecule has 0 radical (unpaired) electrons. The number of anilines is 1. The Bertz CT molecular complexity index is 983. The normalized spacial score (nSPS) is 10.4. The van der Waals surface area contributed by atoms with Gasteiger partial charge in [-0.3, -0.25) is 4.68 Å². The molecule has 1 heterocycles. The third kappa shape index (κ3) is 3.76. The van der Waals surface area contributed by atoms with Gasteiger partial charge in [-0.1, -0.05) is 24.4 Å². The van der Waals surface area contributed by atoms with Crippen LogP contribution in [0.3, 0.4) is 0 Å². The summed E-state index contributed by atoms with van der Waals surface area (Å²) in [5, 5.41) is 16.7. The zero-order chi connectivity index (χ0) is 18.7. The fourth-order valence-electron chi connectivity index (χ4n) is 2.35. The maximum absolute atomic E-state index is 13.8. The van der Waals surface area contributed by atoms with Crippen molar-refractivity contribution in [3.63, 3.8) is 0 Å². The molecule has 3 aromatic rings. The van der Waals surface area contributed by atoms with Crippen LogP contribution in [0.15, 0.2) is 65.0 Å². The van der Waals surface area contributed by atoms with Crippen LogP contribution in [0.5, 0.6) is 0 Å². The molecule has 3 rings (SSSR count). The molecular formula is C19H14F2N4S. The van der Waals surface area contributed by atoms with Crippen molar-refractivity contribution < 1.29 is 8.78 Å². The van der Waals surface area contributed by atoms with Gasteiger partial charge in [-0.2, -0.15) is 10.4 Å². The molecule has 2 aromatic carbocycles. The van der Waals surface area contributed by atoms with Gasteiger partial charge in [-0.25, -0.2) is 8.78 Å². The molecule has 26 heavy (non-hydrogen) atoms. The van der Waals surface area contributed by atoms with Gasteiger partial charge in [0.05, 0.1) is 10.6 Å². The molecule has 0 aliphatic rings. The lowest BCUT2D eigenvalue weighted by Gasteiger charge is -2.12. The Morgan fingerprint density at radius 1 is 1.19 bits per heavy atom. The molecule has 0 saturated heterocycles. The maximum Gasteiger partial charge on any atom is 0.163 e. The van der Waals surface area contributed by atoms with Gasteiger partial charge in [0.1, 0.15) is 17.7 Å². The number of nitrogens with one attached hydrogen (secondary N) is 1. The summed E-state index contributed by atoms with van der Waals surface area (Å²) in [6, 6.07) is 14.7. The van der Waals surface area contributed by atoms with Crippen molar-refractivity contribution in [2.45, 2.75) is 9.92 Å². The third-order valence-corrected chi connectivity index (χ3v) is 4.69. The van der Waals surface area contributed by atoms with Crippen LogP contribution in [0, 0.1) is 23.0 Å². The molecule has 0 aliphatic heterocycles. The highest BCUT2D eigenvalue weighted by atomic mass is 32.2. The fraction of sp³-hybridized carbons (Fsp3) is 0.0526. The van der Waals surface area contributed by atoms with Crippen LogP contribution in [0.4, 0.5) is 14.5 Å². The number of nitriles is 1. The average molecular weight is 368 g/mol. The molecule has 0 bridgehead atoms. The first-order chi connectivity index (χ1) is 12.5. The standard InChI is InChI=1S/C19H14F2N4S/c1-12(19-16(20)4-3-5-17(19)21)23-13-6-8-15(9-7-13)26-18-10-14(11-22)24-25(18)2/h3-10,23H,1H2,2H3. The molecule has 0 amide bonds. The minimum Gasteiger partial charge on any atom is -0.355 e. The maximum atomic E-state index is 13.8. The minimum atomic E-state index is -0.667. The molecule has 1 aromatic heterocycles. The van der Waals surface area contributed by atoms with Crippen LogP contribution < -0.4 is 5.32 Å². The molecule has 0 spiro atoms. The van der Waals surface area contributed by atoms with E-state index in [9.17, 15) is 8.78 Å². The van der Waals surface area contributed by atoms with Crippen LogP contribution >= 0.6 is 11.8 Å². The Hall–Kier alpha value is -3.11. The molecule has 0 saturated carbocycles. The Morgan fingerprint density at radius 2 is 1.85 bits per heavy atom. The van der Waals surface area contributed by atoms with E-state index in [-0.39, 0.29) is 11.3 Å². The third-order valence-electron chi connectivity index (χ3n) is 3.59. The van der Waals surface area contributed by atoms with E-state index in [0.29, 0.717) is 11.4 Å². The number of nitrogens with zero attached hydrogens (tertiary/aromatic N) is 3. The summed E-state index contributed by atoms with van der Waals surface area (Å²) in [4.78, 5) is 0.936. The number of benzene rings is 2. The molecule has 0 aliphatic carbocycles. The van der Waals surface area contributed by atoms with Gasteiger partial charge in [-0.15, -0.1) is 0 Å². The second-order valence-electron chi connectivity index (χ2n) is 5.43. The summed E-state index contributed by atoms with van der Waals surface area (Å²) in [6.07, 6.45) is 0. The average Bonchev–Trinajstić information content (AvgIpc) is 2.96. The van der Waals surface area contributed by atoms with Crippen molar-refractivity contribution in [3.05, 3.63) is 78.0 Å². The molecular weight excluding hydrogens is 354 g/mol. The number of hydrogen-bond acceptors (Lipinski definition) is 4. The Balaban J connectivity index is 1.72. The van der Waals surface area contributed by atoms with Gasteiger partial charge >= 0.3 is 0 Å². The van der Waals surface area contributed by atoms with Crippen molar-refractivity contribution in [1.82, 2.24) is 9.78 Å². The van der Waals surface area contributed by atoms with Crippen LogP contribution in [0.1, 0.15) is 11.3 Å². The van der Waals surface area contributed by atoms with Crippen molar-refractivity contribution in [2.75, 3.05) is 5.32 Å². The van der Waals surface area contributed by atoms with Gasteiger partial charge < -0.3 is 5.32 Å². The number of hydrogen-bond donors (Lipinski definition) is 1. The van der Waals surface area contributed by atoms with Crippen LogP contribution in [0.2, 0.25) is 0 Å². The summed E-state index contributed by atoms with van der Waals surface area (Å²) in [5.41, 5.74) is 0.984. The van der Waals surface area contributed by atoms with Gasteiger partial charge in [0.2, 0.25) is 0 Å². The second kappa shape index (κ2) is 7.42. The molecule has 0 unspecified atom stereocenters. The number of aryl methyl sites for hydroxylation is 1. The quantitative estimate of drug-likeness (QED) is 0.703. The SMILES string of the molecule is C=C(Nc1ccc(Sc2cc(C#N)nn2C)cc1)c1c(F)cccc1F. The van der Waals surface area contributed by atoms with Crippen LogP contribution in [-0.4, -0.2) is 9.78 Å². The van der Waals surface area contributed by atoms with Crippen LogP contribution in [-0.2, 0) is 7.05 Å². The van der Waals surface area contributed by atoms with Gasteiger partial charge in [0.25, 0.3) is 0 Å². The summed E-state index contributed by atoms with van der Waals surface area (Å²) in [5.74, 6) is -1.33. The Kier molecular flexibility index (Phi) is 5.05. The first-order valence-corrected chi connectivity index (χ1v) is 8.42. The smallest absolute Gasteiger partial charge is 0.163 e. The van der Waals surface area contributed by atoms with E-state index >= 15 is 0 Å². The first kappa shape index (κ1) is 17.7. The van der Waals surface area contributed by atoms with Crippen molar-refractivity contribution in [3.8, 4) is 6.07 Å². The summed E-state index contributed by atoms with van der Waals surface area (Å²) >= 11 is 1.46. The number of halogens is 2. The molecule has 0 atom stereocenters. The molecule has 130 valence electrons. The summed E-state index contributed by atoms with van der Waals surface area (Å²) in [7, 11) is 1.77. The highest BCUT2D eigenvalue weighted by molar-refractivity contribution is 7.99. The van der Waals surface area contributed by atoms with Crippen LogP contribution in [0.25, 0.3) is 5.70 Å². The predicted molar refractivity (Wildman–Crippen MR) is 97.5 cm³/mol. The Morgan fingerprint density at radius 3 is 2.42 bits per heavy atom. The van der Waals surface area contributed by atoms with Gasteiger partial charge in [-0.05, 0) is 36.4 Å². The van der Waals surface area contributed by atoms with E-state index in [1.54, 1.807) is 29.9 Å². The van der Waals surface area contributed by atoms with E-state index in [4.69, 9.17) is 5.26 Å². The number of aromatic nitrogens is 2. The summed E-state index contributed by atoms with van der Waals surface area (Å²) < 4.78 is 29.2. The van der Waals surface area contributed by atoms with Gasteiger partial charge in [0, 0.05) is 29.4 Å². The van der Waals surface area contributed by atoms with E-state index in [0.717, 1.165) is 9.92 Å². The lowest BCUT2D eigenvalue weighted by molar-refractivity contribution is 0.577. The second-order valence-corrected chi connectivity index (χ2v) is 6.52. The van der Waals surface area contributed by atoms with E-state index < -0.39 is 11.6 Å². The largest absolute Gasteiger partial charge is 0.355 e. The molecule has 1 N–H and O–H groups in total. The molecule has 4 nitrogen and oxygen atoms in total.